The number of methoxy groups -OCH3 is 1. The molecule has 0 saturated carbocycles. The summed E-state index contributed by atoms with van der Waals surface area (Å²) in [5, 5.41) is 4.97. The number of hydrogen-bond acceptors (Lipinski definition) is 4. The summed E-state index contributed by atoms with van der Waals surface area (Å²) in [5.74, 6) is 0.407. The molecule has 0 spiro atoms. The lowest BCUT2D eigenvalue weighted by atomic mass is 10.1. The summed E-state index contributed by atoms with van der Waals surface area (Å²) < 4.78 is 31.3. The molecule has 0 aliphatic rings. The van der Waals surface area contributed by atoms with Crippen molar-refractivity contribution in [2.75, 3.05) is 26.5 Å². The monoisotopic (exact) mass is 412 g/mol. The van der Waals surface area contributed by atoms with Crippen LogP contribution >= 0.6 is 0 Å². The summed E-state index contributed by atoms with van der Waals surface area (Å²) in [6.07, 6.45) is 0.557. The van der Waals surface area contributed by atoms with Gasteiger partial charge in [-0.25, -0.2) is 12.7 Å². The molecule has 7 heteroatoms. The highest BCUT2D eigenvalue weighted by molar-refractivity contribution is 7.89. The molecule has 0 radical (unpaired) electrons. The van der Waals surface area contributed by atoms with Gasteiger partial charge in [-0.05, 0) is 41.6 Å². The fraction of sp³-hybridized carbons (Fsp3) is 0.227. The highest BCUT2D eigenvalue weighted by atomic mass is 32.2. The first-order chi connectivity index (χ1) is 13.8. The summed E-state index contributed by atoms with van der Waals surface area (Å²) in [7, 11) is 0.930. The van der Waals surface area contributed by atoms with Crippen molar-refractivity contribution in [3.05, 3.63) is 66.2 Å². The number of hydrogen-bond donors (Lipinski definition) is 1. The predicted molar refractivity (Wildman–Crippen MR) is 115 cm³/mol. The first-order valence-corrected chi connectivity index (χ1v) is 10.6. The van der Waals surface area contributed by atoms with Crippen molar-refractivity contribution in [2.24, 2.45) is 0 Å². The van der Waals surface area contributed by atoms with Crippen molar-refractivity contribution in [1.29, 1.82) is 0 Å². The van der Waals surface area contributed by atoms with E-state index in [9.17, 15) is 13.2 Å². The fourth-order valence-corrected chi connectivity index (χ4v) is 4.07. The van der Waals surface area contributed by atoms with Gasteiger partial charge in [-0.2, -0.15) is 0 Å². The second-order valence-corrected chi connectivity index (χ2v) is 8.99. The van der Waals surface area contributed by atoms with Gasteiger partial charge in [0.2, 0.25) is 15.9 Å². The topological polar surface area (TPSA) is 75.7 Å². The number of nitrogens with zero attached hydrogens (tertiary/aromatic N) is 1. The Morgan fingerprint density at radius 2 is 1.76 bits per heavy atom. The number of aryl methyl sites for hydroxylation is 1. The van der Waals surface area contributed by atoms with E-state index in [1.807, 2.05) is 42.5 Å². The minimum Gasteiger partial charge on any atom is -0.496 e. The minimum atomic E-state index is -3.56. The van der Waals surface area contributed by atoms with E-state index in [-0.39, 0.29) is 17.2 Å². The van der Waals surface area contributed by atoms with Crippen molar-refractivity contribution in [2.45, 2.75) is 17.7 Å². The molecule has 0 saturated heterocycles. The average Bonchev–Trinajstić information content (AvgIpc) is 2.72. The zero-order valence-electron chi connectivity index (χ0n) is 16.7. The SMILES string of the molecule is COc1ccc(S(=O)(=O)N(C)C)cc1CCC(=O)Nc1cccc2ccccc12. The molecule has 0 bridgehead atoms. The number of fused-ring (bicyclic) bond motifs is 1. The summed E-state index contributed by atoms with van der Waals surface area (Å²) in [4.78, 5) is 12.7. The Morgan fingerprint density at radius 3 is 2.48 bits per heavy atom. The second kappa shape index (κ2) is 8.63. The number of benzene rings is 3. The van der Waals surface area contributed by atoms with E-state index in [4.69, 9.17) is 4.74 Å². The average molecular weight is 413 g/mol. The van der Waals surface area contributed by atoms with Crippen molar-refractivity contribution in [3.8, 4) is 5.75 Å². The molecule has 3 aromatic rings. The number of rotatable bonds is 7. The molecule has 152 valence electrons. The molecule has 0 aliphatic carbocycles. The van der Waals surface area contributed by atoms with Crippen LogP contribution in [0.15, 0.2) is 65.6 Å². The number of carbonyl (C=O) groups is 1. The predicted octanol–water partition coefficient (Wildman–Crippen LogP) is 3.67. The van der Waals surface area contributed by atoms with Crippen LogP contribution in [0.1, 0.15) is 12.0 Å². The van der Waals surface area contributed by atoms with Gasteiger partial charge in [0.05, 0.1) is 12.0 Å². The lowest BCUT2D eigenvalue weighted by Crippen LogP contribution is -2.22. The molecule has 1 amide bonds. The summed E-state index contributed by atoms with van der Waals surface area (Å²) in [5.41, 5.74) is 1.42. The van der Waals surface area contributed by atoms with Gasteiger partial charge in [0, 0.05) is 31.6 Å². The van der Waals surface area contributed by atoms with Gasteiger partial charge in [-0.15, -0.1) is 0 Å². The van der Waals surface area contributed by atoms with Gasteiger partial charge in [0.25, 0.3) is 0 Å². The lowest BCUT2D eigenvalue weighted by Gasteiger charge is -2.15. The molecule has 0 unspecified atom stereocenters. The van der Waals surface area contributed by atoms with Crippen LogP contribution in [-0.2, 0) is 21.2 Å². The van der Waals surface area contributed by atoms with Crippen molar-refractivity contribution < 1.29 is 17.9 Å². The Kier molecular flexibility index (Phi) is 6.20. The van der Waals surface area contributed by atoms with E-state index >= 15 is 0 Å². The molecular weight excluding hydrogens is 388 g/mol. The molecule has 29 heavy (non-hydrogen) atoms. The third-order valence-electron chi connectivity index (χ3n) is 4.72. The second-order valence-electron chi connectivity index (χ2n) is 6.84. The van der Waals surface area contributed by atoms with E-state index < -0.39 is 10.0 Å². The Morgan fingerprint density at radius 1 is 1.03 bits per heavy atom. The normalized spacial score (nSPS) is 11.6. The fourth-order valence-electron chi connectivity index (χ4n) is 3.12. The summed E-state index contributed by atoms with van der Waals surface area (Å²) >= 11 is 0. The zero-order valence-corrected chi connectivity index (χ0v) is 17.5. The van der Waals surface area contributed by atoms with Crippen molar-refractivity contribution >= 4 is 32.4 Å². The van der Waals surface area contributed by atoms with Gasteiger partial charge >= 0.3 is 0 Å². The van der Waals surface area contributed by atoms with E-state index in [1.54, 1.807) is 12.1 Å². The molecule has 0 heterocycles. The Hall–Kier alpha value is -2.90. The maximum Gasteiger partial charge on any atom is 0.242 e. The van der Waals surface area contributed by atoms with E-state index in [1.165, 1.54) is 27.3 Å². The van der Waals surface area contributed by atoms with E-state index in [2.05, 4.69) is 5.32 Å². The van der Waals surface area contributed by atoms with Crippen LogP contribution in [0.5, 0.6) is 5.75 Å². The number of ether oxygens (including phenoxy) is 1. The van der Waals surface area contributed by atoms with Crippen LogP contribution in [0.3, 0.4) is 0 Å². The molecule has 0 atom stereocenters. The van der Waals surface area contributed by atoms with Crippen molar-refractivity contribution in [3.63, 3.8) is 0 Å². The Balaban J connectivity index is 1.77. The number of amides is 1. The van der Waals surface area contributed by atoms with Gasteiger partial charge in [-0.3, -0.25) is 4.79 Å². The molecule has 0 aromatic heterocycles. The highest BCUT2D eigenvalue weighted by Crippen LogP contribution is 2.26. The molecular formula is C22H24N2O4S. The first-order valence-electron chi connectivity index (χ1n) is 9.20. The lowest BCUT2D eigenvalue weighted by molar-refractivity contribution is -0.116. The van der Waals surface area contributed by atoms with Gasteiger partial charge in [-0.1, -0.05) is 36.4 Å². The highest BCUT2D eigenvalue weighted by Gasteiger charge is 2.19. The maximum absolute atomic E-state index is 12.5. The Labute approximate surface area is 171 Å². The van der Waals surface area contributed by atoms with Crippen LogP contribution in [-0.4, -0.2) is 39.8 Å². The molecule has 3 rings (SSSR count). The molecule has 6 nitrogen and oxygen atoms in total. The number of sulfonamides is 1. The largest absolute Gasteiger partial charge is 0.496 e. The smallest absolute Gasteiger partial charge is 0.242 e. The maximum atomic E-state index is 12.5. The third kappa shape index (κ3) is 4.58. The number of anilines is 1. The molecule has 3 aromatic carbocycles. The first kappa shape index (κ1) is 20.8. The summed E-state index contributed by atoms with van der Waals surface area (Å²) in [6.45, 7) is 0. The zero-order chi connectivity index (χ0) is 21.0. The third-order valence-corrected chi connectivity index (χ3v) is 6.53. The quantitative estimate of drug-likeness (QED) is 0.642. The summed E-state index contributed by atoms with van der Waals surface area (Å²) in [6, 6.07) is 18.3. The van der Waals surface area contributed by atoms with Gasteiger partial charge < -0.3 is 10.1 Å². The van der Waals surface area contributed by atoms with Gasteiger partial charge in [0.15, 0.2) is 0 Å². The van der Waals surface area contributed by atoms with Crippen LogP contribution in [0.4, 0.5) is 5.69 Å². The minimum absolute atomic E-state index is 0.149. The van der Waals surface area contributed by atoms with Gasteiger partial charge in [0.1, 0.15) is 5.75 Å². The molecule has 0 fully saturated rings. The number of carbonyl (C=O) groups excluding carboxylic acids is 1. The standard InChI is InChI=1S/C22H24N2O4S/c1-24(2)29(26,27)18-12-13-21(28-3)17(15-18)11-14-22(25)23-20-10-6-8-16-7-4-5-9-19(16)20/h4-10,12-13,15H,11,14H2,1-3H3,(H,23,25). The van der Waals surface area contributed by atoms with E-state index in [0.29, 0.717) is 17.7 Å². The Bertz CT molecular complexity index is 1140. The van der Waals surface area contributed by atoms with E-state index in [0.717, 1.165) is 20.8 Å². The number of nitrogens with one attached hydrogen (secondary N) is 1. The van der Waals surface area contributed by atoms with Crippen molar-refractivity contribution in [1.82, 2.24) is 4.31 Å². The van der Waals surface area contributed by atoms with Crippen LogP contribution in [0.25, 0.3) is 10.8 Å². The van der Waals surface area contributed by atoms with Crippen LogP contribution < -0.4 is 10.1 Å². The molecule has 0 aliphatic heterocycles. The van der Waals surface area contributed by atoms with Crippen LogP contribution in [0.2, 0.25) is 0 Å². The van der Waals surface area contributed by atoms with Crippen LogP contribution in [0, 0.1) is 0 Å². The molecule has 1 N–H and O–H groups in total.